The minimum Gasteiger partial charge on any atom is -0.323 e. The molecule has 0 aliphatic heterocycles. The first-order valence-corrected chi connectivity index (χ1v) is 5.73. The lowest BCUT2D eigenvalue weighted by atomic mass is 10.2. The first-order chi connectivity index (χ1) is 4.77. The fourth-order valence-electron chi connectivity index (χ4n) is 0.752. The third-order valence-electron chi connectivity index (χ3n) is 0.873. The molecule has 4 heteroatoms. The molecule has 0 aliphatic rings. The molecule has 1 atom stereocenters. The van der Waals surface area contributed by atoms with Crippen LogP contribution in [-0.2, 0) is 13.9 Å². The Bertz CT molecular complexity index is 181. The van der Waals surface area contributed by atoms with Gasteiger partial charge in [-0.05, 0) is 20.8 Å². The SMILES string of the molecule is CC(C)(C)OP(C)(=O)CC=O. The molecule has 1 unspecified atom stereocenters. The molecule has 0 aromatic rings. The lowest BCUT2D eigenvalue weighted by molar-refractivity contribution is -0.105. The van der Waals surface area contributed by atoms with E-state index in [2.05, 4.69) is 0 Å². The largest absolute Gasteiger partial charge is 0.323 e. The van der Waals surface area contributed by atoms with Gasteiger partial charge in [0.05, 0.1) is 11.8 Å². The van der Waals surface area contributed by atoms with Crippen molar-refractivity contribution in [2.45, 2.75) is 26.4 Å². The molecule has 0 spiro atoms. The molecular formula is C7H15O3P. The van der Waals surface area contributed by atoms with Crippen LogP contribution in [0.4, 0.5) is 0 Å². The predicted molar refractivity (Wildman–Crippen MR) is 45.3 cm³/mol. The second-order valence-corrected chi connectivity index (χ2v) is 6.14. The van der Waals surface area contributed by atoms with Gasteiger partial charge in [-0.15, -0.1) is 0 Å². The van der Waals surface area contributed by atoms with Gasteiger partial charge in [0, 0.05) is 6.66 Å². The Morgan fingerprint density at radius 2 is 1.91 bits per heavy atom. The summed E-state index contributed by atoms with van der Waals surface area (Å²) in [4.78, 5) is 10.1. The Hall–Kier alpha value is -0.140. The highest BCUT2D eigenvalue weighted by atomic mass is 31.2. The molecule has 0 saturated carbocycles. The second kappa shape index (κ2) is 3.51. The molecule has 0 saturated heterocycles. The standard InChI is InChI=1S/C7H15O3P/c1-7(2,3)10-11(4,9)6-5-8/h5H,6H2,1-4H3. The van der Waals surface area contributed by atoms with Crippen LogP contribution in [0.5, 0.6) is 0 Å². The minimum atomic E-state index is -2.68. The van der Waals surface area contributed by atoms with E-state index in [1.165, 1.54) is 6.66 Å². The summed E-state index contributed by atoms with van der Waals surface area (Å²) in [6.07, 6.45) is 0.636. The summed E-state index contributed by atoms with van der Waals surface area (Å²) in [5.74, 6) is 0. The highest BCUT2D eigenvalue weighted by Crippen LogP contribution is 2.45. The van der Waals surface area contributed by atoms with Crippen LogP contribution >= 0.6 is 7.37 Å². The van der Waals surface area contributed by atoms with Crippen LogP contribution < -0.4 is 0 Å². The van der Waals surface area contributed by atoms with Gasteiger partial charge in [-0.3, -0.25) is 4.57 Å². The maximum Gasteiger partial charge on any atom is 0.207 e. The molecule has 0 aromatic heterocycles. The highest BCUT2D eigenvalue weighted by Gasteiger charge is 2.23. The Balaban J connectivity index is 4.13. The maximum absolute atomic E-state index is 11.4. The van der Waals surface area contributed by atoms with Crippen LogP contribution in [0.25, 0.3) is 0 Å². The molecule has 66 valence electrons. The average Bonchev–Trinajstić information content (AvgIpc) is 1.55. The van der Waals surface area contributed by atoms with Crippen LogP contribution in [0, 0.1) is 0 Å². The Kier molecular flexibility index (Phi) is 3.46. The molecule has 0 bridgehead atoms. The third kappa shape index (κ3) is 6.27. The van der Waals surface area contributed by atoms with Crippen LogP contribution in [0.2, 0.25) is 0 Å². The van der Waals surface area contributed by atoms with E-state index in [1.807, 2.05) is 20.8 Å². The van der Waals surface area contributed by atoms with Crippen molar-refractivity contribution in [3.63, 3.8) is 0 Å². The normalized spacial score (nSPS) is 17.5. The summed E-state index contributed by atoms with van der Waals surface area (Å²) in [5.41, 5.74) is -0.437. The molecule has 3 nitrogen and oxygen atoms in total. The third-order valence-corrected chi connectivity index (χ3v) is 2.62. The molecule has 0 rings (SSSR count). The second-order valence-electron chi connectivity index (χ2n) is 3.57. The number of carbonyl (C=O) groups excluding carboxylic acids is 1. The summed E-state index contributed by atoms with van der Waals surface area (Å²) in [5, 5.41) is 0. The van der Waals surface area contributed by atoms with Gasteiger partial charge < -0.3 is 9.32 Å². The average molecular weight is 178 g/mol. The van der Waals surface area contributed by atoms with Gasteiger partial charge in [0.2, 0.25) is 7.37 Å². The fourth-order valence-corrected chi connectivity index (χ4v) is 2.26. The molecule has 0 aromatic carbocycles. The maximum atomic E-state index is 11.4. The zero-order chi connectivity index (χ0) is 9.12. The molecule has 0 aliphatic carbocycles. The van der Waals surface area contributed by atoms with Crippen molar-refractivity contribution in [2.24, 2.45) is 0 Å². The first-order valence-electron chi connectivity index (χ1n) is 3.48. The van der Waals surface area contributed by atoms with Gasteiger partial charge in [-0.2, -0.15) is 0 Å². The van der Waals surface area contributed by atoms with Crippen LogP contribution in [0.1, 0.15) is 20.8 Å². The fraction of sp³-hybridized carbons (Fsp3) is 0.857. The summed E-state index contributed by atoms with van der Waals surface area (Å²) < 4.78 is 16.6. The number of hydrogen-bond donors (Lipinski definition) is 0. The van der Waals surface area contributed by atoms with Gasteiger partial charge in [0.15, 0.2) is 0 Å². The van der Waals surface area contributed by atoms with E-state index >= 15 is 0 Å². The zero-order valence-electron chi connectivity index (χ0n) is 7.46. The molecule has 11 heavy (non-hydrogen) atoms. The Morgan fingerprint density at radius 3 is 2.18 bits per heavy atom. The van der Waals surface area contributed by atoms with E-state index in [0.29, 0.717) is 6.29 Å². The van der Waals surface area contributed by atoms with Crippen molar-refractivity contribution >= 4 is 13.7 Å². The number of carbonyl (C=O) groups is 1. The molecule has 0 amide bonds. The van der Waals surface area contributed by atoms with Gasteiger partial charge >= 0.3 is 0 Å². The van der Waals surface area contributed by atoms with Crippen LogP contribution in [0.15, 0.2) is 0 Å². The van der Waals surface area contributed by atoms with E-state index in [1.54, 1.807) is 0 Å². The molecule has 0 N–H and O–H groups in total. The minimum absolute atomic E-state index is 0.00424. The van der Waals surface area contributed by atoms with Crippen molar-refractivity contribution in [3.05, 3.63) is 0 Å². The van der Waals surface area contributed by atoms with E-state index < -0.39 is 13.0 Å². The van der Waals surface area contributed by atoms with E-state index in [-0.39, 0.29) is 6.16 Å². The van der Waals surface area contributed by atoms with Crippen molar-refractivity contribution < 1.29 is 13.9 Å². The molecule has 0 radical (unpaired) electrons. The molecule has 0 fully saturated rings. The Morgan fingerprint density at radius 1 is 1.45 bits per heavy atom. The molecule has 0 heterocycles. The van der Waals surface area contributed by atoms with Gasteiger partial charge in [0.1, 0.15) is 6.29 Å². The topological polar surface area (TPSA) is 43.4 Å². The summed E-state index contributed by atoms with van der Waals surface area (Å²) in [6.45, 7) is 6.92. The predicted octanol–water partition coefficient (Wildman–Crippen LogP) is 1.91. The van der Waals surface area contributed by atoms with Crippen molar-refractivity contribution in [1.29, 1.82) is 0 Å². The monoisotopic (exact) mass is 178 g/mol. The van der Waals surface area contributed by atoms with Gasteiger partial charge in [-0.1, -0.05) is 0 Å². The smallest absolute Gasteiger partial charge is 0.207 e. The van der Waals surface area contributed by atoms with E-state index in [4.69, 9.17) is 4.52 Å². The first kappa shape index (κ1) is 10.9. The number of hydrogen-bond acceptors (Lipinski definition) is 3. The molecular weight excluding hydrogens is 163 g/mol. The number of aldehydes is 1. The van der Waals surface area contributed by atoms with E-state index in [0.717, 1.165) is 0 Å². The van der Waals surface area contributed by atoms with Crippen molar-refractivity contribution in [1.82, 2.24) is 0 Å². The van der Waals surface area contributed by atoms with Crippen molar-refractivity contribution in [2.75, 3.05) is 12.8 Å². The summed E-state index contributed by atoms with van der Waals surface area (Å²) in [6, 6.07) is 0. The Labute approximate surface area is 67.6 Å². The van der Waals surface area contributed by atoms with Gasteiger partial charge in [0.25, 0.3) is 0 Å². The summed E-state index contributed by atoms with van der Waals surface area (Å²) in [7, 11) is -2.68. The highest BCUT2D eigenvalue weighted by molar-refractivity contribution is 7.59. The zero-order valence-corrected chi connectivity index (χ0v) is 8.35. The summed E-state index contributed by atoms with van der Waals surface area (Å²) >= 11 is 0. The van der Waals surface area contributed by atoms with E-state index in [9.17, 15) is 9.36 Å². The van der Waals surface area contributed by atoms with Crippen LogP contribution in [-0.4, -0.2) is 24.7 Å². The lowest BCUT2D eigenvalue weighted by Crippen LogP contribution is -2.18. The number of rotatable bonds is 3. The lowest BCUT2D eigenvalue weighted by Gasteiger charge is -2.23. The quantitative estimate of drug-likeness (QED) is 0.489. The van der Waals surface area contributed by atoms with Crippen LogP contribution in [0.3, 0.4) is 0 Å². The van der Waals surface area contributed by atoms with Gasteiger partial charge in [-0.25, -0.2) is 0 Å². The van der Waals surface area contributed by atoms with Crippen molar-refractivity contribution in [3.8, 4) is 0 Å².